The first-order chi connectivity index (χ1) is 11.5. The molecule has 3 rings (SSSR count). The van der Waals surface area contributed by atoms with Crippen molar-refractivity contribution in [2.75, 3.05) is 32.7 Å². The first kappa shape index (κ1) is 17.6. The van der Waals surface area contributed by atoms with Crippen molar-refractivity contribution in [2.24, 2.45) is 0 Å². The molecule has 2 heterocycles. The smallest absolute Gasteiger partial charge is 0.227 e. The SMILES string of the molecule is O=C(Cc1ccc(F)cc1Cl)N1CCC[C@@](O)(CN2CCCC2)C1. The third kappa shape index (κ3) is 4.26. The van der Waals surface area contributed by atoms with Crippen LogP contribution in [0.2, 0.25) is 5.02 Å². The van der Waals surface area contributed by atoms with Crippen LogP contribution in [0.25, 0.3) is 0 Å². The van der Waals surface area contributed by atoms with Gasteiger partial charge >= 0.3 is 0 Å². The second kappa shape index (κ2) is 7.38. The predicted molar refractivity (Wildman–Crippen MR) is 91.6 cm³/mol. The largest absolute Gasteiger partial charge is 0.387 e. The Bertz CT molecular complexity index is 607. The summed E-state index contributed by atoms with van der Waals surface area (Å²) in [6.07, 6.45) is 4.03. The van der Waals surface area contributed by atoms with Gasteiger partial charge in [0.05, 0.1) is 18.6 Å². The molecule has 0 saturated carbocycles. The molecule has 0 radical (unpaired) electrons. The van der Waals surface area contributed by atoms with Gasteiger partial charge in [0.2, 0.25) is 5.91 Å². The van der Waals surface area contributed by atoms with E-state index in [-0.39, 0.29) is 17.4 Å². The lowest BCUT2D eigenvalue weighted by atomic mass is 9.91. The molecule has 0 spiro atoms. The van der Waals surface area contributed by atoms with Crippen LogP contribution < -0.4 is 0 Å². The maximum atomic E-state index is 13.1. The average molecular weight is 355 g/mol. The van der Waals surface area contributed by atoms with Crippen LogP contribution in [0.1, 0.15) is 31.2 Å². The van der Waals surface area contributed by atoms with E-state index in [1.165, 1.54) is 25.0 Å². The molecular weight excluding hydrogens is 331 g/mol. The zero-order valence-electron chi connectivity index (χ0n) is 13.8. The lowest BCUT2D eigenvalue weighted by molar-refractivity contribution is -0.138. The van der Waals surface area contributed by atoms with Crippen molar-refractivity contribution in [3.63, 3.8) is 0 Å². The molecule has 2 aliphatic heterocycles. The zero-order chi connectivity index (χ0) is 17.2. The summed E-state index contributed by atoms with van der Waals surface area (Å²) in [6, 6.07) is 4.09. The van der Waals surface area contributed by atoms with Gasteiger partial charge in [0, 0.05) is 18.1 Å². The highest BCUT2D eigenvalue weighted by atomic mass is 35.5. The number of amides is 1. The quantitative estimate of drug-likeness (QED) is 0.903. The molecule has 6 heteroatoms. The van der Waals surface area contributed by atoms with E-state index < -0.39 is 11.4 Å². The number of β-amino-alcohol motifs (C(OH)–C–C–N with tert-alkyl or cyclic N) is 1. The first-order valence-corrected chi connectivity index (χ1v) is 8.99. The van der Waals surface area contributed by atoms with Crippen molar-refractivity contribution in [3.8, 4) is 0 Å². The normalized spacial score (nSPS) is 25.2. The van der Waals surface area contributed by atoms with Gasteiger partial charge in [-0.3, -0.25) is 4.79 Å². The van der Waals surface area contributed by atoms with Gasteiger partial charge in [-0.25, -0.2) is 4.39 Å². The average Bonchev–Trinajstić information content (AvgIpc) is 3.02. The summed E-state index contributed by atoms with van der Waals surface area (Å²) >= 11 is 6.02. The van der Waals surface area contributed by atoms with Gasteiger partial charge in [0.25, 0.3) is 0 Å². The minimum atomic E-state index is -0.829. The van der Waals surface area contributed by atoms with E-state index in [1.54, 1.807) is 11.0 Å². The number of rotatable bonds is 4. The van der Waals surface area contributed by atoms with Crippen LogP contribution in [-0.2, 0) is 11.2 Å². The van der Waals surface area contributed by atoms with Crippen molar-refractivity contribution >= 4 is 17.5 Å². The Labute approximate surface area is 147 Å². The lowest BCUT2D eigenvalue weighted by Gasteiger charge is -2.41. The number of benzene rings is 1. The molecule has 0 bridgehead atoms. The second-order valence-corrected chi connectivity index (χ2v) is 7.45. The Morgan fingerprint density at radius 2 is 2.00 bits per heavy atom. The monoisotopic (exact) mass is 354 g/mol. The van der Waals surface area contributed by atoms with Crippen molar-refractivity contribution in [1.29, 1.82) is 0 Å². The van der Waals surface area contributed by atoms with Gasteiger partial charge in [0.1, 0.15) is 5.82 Å². The highest BCUT2D eigenvalue weighted by molar-refractivity contribution is 6.31. The van der Waals surface area contributed by atoms with Crippen LogP contribution in [0.5, 0.6) is 0 Å². The van der Waals surface area contributed by atoms with Gasteiger partial charge in [0.15, 0.2) is 0 Å². The van der Waals surface area contributed by atoms with Crippen LogP contribution in [0.4, 0.5) is 4.39 Å². The second-order valence-electron chi connectivity index (χ2n) is 7.04. The van der Waals surface area contributed by atoms with E-state index in [9.17, 15) is 14.3 Å². The summed E-state index contributed by atoms with van der Waals surface area (Å²) in [5, 5.41) is 11.2. The Hall–Kier alpha value is -1.17. The number of piperidine rings is 1. The van der Waals surface area contributed by atoms with Gasteiger partial charge in [-0.05, 0) is 56.5 Å². The number of nitrogens with zero attached hydrogens (tertiary/aromatic N) is 2. The zero-order valence-corrected chi connectivity index (χ0v) is 14.6. The highest BCUT2D eigenvalue weighted by Crippen LogP contribution is 2.25. The predicted octanol–water partition coefficient (Wildman–Crippen LogP) is 2.47. The van der Waals surface area contributed by atoms with E-state index in [0.29, 0.717) is 25.2 Å². The number of halogens is 2. The molecule has 1 aromatic rings. The molecule has 2 aliphatic rings. The van der Waals surface area contributed by atoms with Gasteiger partial charge in [-0.1, -0.05) is 17.7 Å². The van der Waals surface area contributed by atoms with Gasteiger partial charge in [-0.15, -0.1) is 0 Å². The van der Waals surface area contributed by atoms with E-state index in [2.05, 4.69) is 4.90 Å². The van der Waals surface area contributed by atoms with Gasteiger partial charge < -0.3 is 14.9 Å². The van der Waals surface area contributed by atoms with Crippen LogP contribution in [0, 0.1) is 5.82 Å². The number of hydrogen-bond acceptors (Lipinski definition) is 3. The molecule has 24 heavy (non-hydrogen) atoms. The third-order valence-corrected chi connectivity index (χ3v) is 5.33. The fourth-order valence-electron chi connectivity index (χ4n) is 3.75. The Morgan fingerprint density at radius 3 is 2.71 bits per heavy atom. The van der Waals surface area contributed by atoms with Crippen molar-refractivity contribution in [3.05, 3.63) is 34.6 Å². The summed E-state index contributed by atoms with van der Waals surface area (Å²) in [5.41, 5.74) is -0.207. The lowest BCUT2D eigenvalue weighted by Crippen LogP contribution is -2.55. The number of carbonyl (C=O) groups is 1. The molecule has 1 aromatic carbocycles. The Kier molecular flexibility index (Phi) is 5.42. The molecule has 2 fully saturated rings. The van der Waals surface area contributed by atoms with E-state index in [0.717, 1.165) is 25.9 Å². The van der Waals surface area contributed by atoms with Crippen LogP contribution >= 0.6 is 11.6 Å². The fraction of sp³-hybridized carbons (Fsp3) is 0.611. The molecule has 0 aliphatic carbocycles. The molecule has 132 valence electrons. The minimum absolute atomic E-state index is 0.0666. The summed E-state index contributed by atoms with van der Waals surface area (Å²) in [4.78, 5) is 16.6. The van der Waals surface area contributed by atoms with Crippen LogP contribution in [0.15, 0.2) is 18.2 Å². The number of hydrogen-bond donors (Lipinski definition) is 1. The van der Waals surface area contributed by atoms with Crippen molar-refractivity contribution in [1.82, 2.24) is 9.80 Å². The topological polar surface area (TPSA) is 43.8 Å². The summed E-state index contributed by atoms with van der Waals surface area (Å²) in [6.45, 7) is 3.71. The van der Waals surface area contributed by atoms with E-state index >= 15 is 0 Å². The van der Waals surface area contributed by atoms with E-state index in [1.807, 2.05) is 0 Å². The van der Waals surface area contributed by atoms with Crippen molar-refractivity contribution < 1.29 is 14.3 Å². The molecular formula is C18H24ClFN2O2. The molecule has 1 N–H and O–H groups in total. The number of likely N-dealkylation sites (tertiary alicyclic amines) is 2. The summed E-state index contributed by atoms with van der Waals surface area (Å²) in [7, 11) is 0. The molecule has 0 aromatic heterocycles. The fourth-order valence-corrected chi connectivity index (χ4v) is 3.99. The molecule has 1 amide bonds. The minimum Gasteiger partial charge on any atom is -0.387 e. The molecule has 2 saturated heterocycles. The Balaban J connectivity index is 1.61. The van der Waals surface area contributed by atoms with Crippen molar-refractivity contribution in [2.45, 2.75) is 37.7 Å². The number of aliphatic hydroxyl groups is 1. The summed E-state index contributed by atoms with van der Waals surface area (Å²) in [5.74, 6) is -0.475. The number of carbonyl (C=O) groups excluding carboxylic acids is 1. The summed E-state index contributed by atoms with van der Waals surface area (Å²) < 4.78 is 13.1. The van der Waals surface area contributed by atoms with Gasteiger partial charge in [-0.2, -0.15) is 0 Å². The van der Waals surface area contributed by atoms with Crippen LogP contribution in [0.3, 0.4) is 0 Å². The first-order valence-electron chi connectivity index (χ1n) is 8.62. The standard InChI is InChI=1S/C18H24ClFN2O2/c19-16-11-15(20)5-4-14(16)10-17(23)22-9-3-6-18(24,13-22)12-21-7-1-2-8-21/h4-5,11,24H,1-3,6-10,12-13H2/t18-/m1/s1. The van der Waals surface area contributed by atoms with E-state index in [4.69, 9.17) is 11.6 Å². The third-order valence-electron chi connectivity index (χ3n) is 4.98. The molecule has 0 unspecified atom stereocenters. The maximum absolute atomic E-state index is 13.1. The highest BCUT2D eigenvalue weighted by Gasteiger charge is 2.37. The van der Waals surface area contributed by atoms with Crippen LogP contribution in [-0.4, -0.2) is 59.1 Å². The molecule has 4 nitrogen and oxygen atoms in total. The maximum Gasteiger partial charge on any atom is 0.227 e. The molecule has 1 atom stereocenters. The Morgan fingerprint density at radius 1 is 1.25 bits per heavy atom.